The maximum absolute atomic E-state index is 11.7. The minimum absolute atomic E-state index is 0.0227. The predicted molar refractivity (Wildman–Crippen MR) is 55.4 cm³/mol. The molecular weight excluding hydrogens is 252 g/mol. The lowest BCUT2D eigenvalue weighted by Crippen LogP contribution is -2.37. The average Bonchev–Trinajstić information content (AvgIpc) is 2.77. The highest BCUT2D eigenvalue weighted by atomic mass is 19.3. The molecule has 2 N–H and O–H groups in total. The Labute approximate surface area is 102 Å². The van der Waals surface area contributed by atoms with E-state index >= 15 is 0 Å². The molecule has 0 bridgehead atoms. The third-order valence-corrected chi connectivity index (χ3v) is 2.38. The first-order valence-electron chi connectivity index (χ1n) is 5.52. The van der Waals surface area contributed by atoms with Gasteiger partial charge in [0.05, 0.1) is 6.61 Å². The number of alkyl halides is 2. The fraction of sp³-hybridized carbons (Fsp3) is 0.800. The molecular formula is C10H15F2NO5. The third-order valence-electron chi connectivity index (χ3n) is 2.38. The number of amides is 1. The molecule has 0 spiro atoms. The molecule has 1 aliphatic rings. The van der Waals surface area contributed by atoms with Crippen LogP contribution in [0.1, 0.15) is 12.8 Å². The van der Waals surface area contributed by atoms with Crippen molar-refractivity contribution in [3.63, 3.8) is 0 Å². The standard InChI is InChI=1S/C10H15F2NO5/c11-8(12)5-17-4-3-13-9(14)6-1-2-7(18-6)10(15)16/h6-8H,1-5H2,(H,13,14)(H,15,16). The molecule has 8 heteroatoms. The fourth-order valence-corrected chi connectivity index (χ4v) is 1.54. The fourth-order valence-electron chi connectivity index (χ4n) is 1.54. The van der Waals surface area contributed by atoms with E-state index in [2.05, 4.69) is 10.1 Å². The van der Waals surface area contributed by atoms with Gasteiger partial charge in [0.25, 0.3) is 6.43 Å². The van der Waals surface area contributed by atoms with Crippen molar-refractivity contribution in [1.29, 1.82) is 0 Å². The van der Waals surface area contributed by atoms with Crippen molar-refractivity contribution in [3.8, 4) is 0 Å². The van der Waals surface area contributed by atoms with Gasteiger partial charge in [-0.3, -0.25) is 4.79 Å². The Hall–Kier alpha value is -1.28. The summed E-state index contributed by atoms with van der Waals surface area (Å²) in [6.45, 7) is -0.606. The van der Waals surface area contributed by atoms with Gasteiger partial charge in [0.15, 0.2) is 6.10 Å². The normalized spacial score (nSPS) is 23.3. The quantitative estimate of drug-likeness (QED) is 0.635. The summed E-state index contributed by atoms with van der Waals surface area (Å²) in [5.41, 5.74) is 0. The van der Waals surface area contributed by atoms with Crippen LogP contribution in [0.2, 0.25) is 0 Å². The predicted octanol–water partition coefficient (Wildman–Crippen LogP) is 0.0165. The van der Waals surface area contributed by atoms with Crippen molar-refractivity contribution < 1.29 is 33.0 Å². The summed E-state index contributed by atoms with van der Waals surface area (Å²) >= 11 is 0. The van der Waals surface area contributed by atoms with Crippen LogP contribution in [0.3, 0.4) is 0 Å². The zero-order valence-electron chi connectivity index (χ0n) is 9.60. The van der Waals surface area contributed by atoms with Gasteiger partial charge in [0.1, 0.15) is 12.7 Å². The highest BCUT2D eigenvalue weighted by molar-refractivity contribution is 5.82. The van der Waals surface area contributed by atoms with Crippen molar-refractivity contribution in [2.75, 3.05) is 19.8 Å². The minimum atomic E-state index is -2.53. The number of carboxylic acids is 1. The maximum Gasteiger partial charge on any atom is 0.332 e. The second kappa shape index (κ2) is 7.22. The van der Waals surface area contributed by atoms with E-state index in [4.69, 9.17) is 9.84 Å². The molecule has 0 aromatic carbocycles. The minimum Gasteiger partial charge on any atom is -0.479 e. The van der Waals surface area contributed by atoms with Gasteiger partial charge < -0.3 is 19.9 Å². The molecule has 0 saturated carbocycles. The van der Waals surface area contributed by atoms with Crippen LogP contribution in [0, 0.1) is 0 Å². The number of carboxylic acid groups (broad SMARTS) is 1. The van der Waals surface area contributed by atoms with Crippen LogP contribution in [0.5, 0.6) is 0 Å². The van der Waals surface area contributed by atoms with Gasteiger partial charge in [-0.15, -0.1) is 0 Å². The van der Waals surface area contributed by atoms with Gasteiger partial charge in [-0.1, -0.05) is 0 Å². The molecule has 2 unspecified atom stereocenters. The lowest BCUT2D eigenvalue weighted by Gasteiger charge is -2.11. The van der Waals surface area contributed by atoms with Gasteiger partial charge >= 0.3 is 5.97 Å². The molecule has 6 nitrogen and oxygen atoms in total. The van der Waals surface area contributed by atoms with E-state index in [-0.39, 0.29) is 19.6 Å². The number of hydrogen-bond donors (Lipinski definition) is 2. The number of ether oxygens (including phenoxy) is 2. The summed E-state index contributed by atoms with van der Waals surface area (Å²) in [4.78, 5) is 22.1. The Kier molecular flexibility index (Phi) is 5.93. The molecule has 1 heterocycles. The van der Waals surface area contributed by atoms with Gasteiger partial charge in [-0.2, -0.15) is 0 Å². The van der Waals surface area contributed by atoms with E-state index in [9.17, 15) is 18.4 Å². The van der Waals surface area contributed by atoms with E-state index in [0.29, 0.717) is 6.42 Å². The van der Waals surface area contributed by atoms with Crippen LogP contribution >= 0.6 is 0 Å². The van der Waals surface area contributed by atoms with Crippen LogP contribution in [-0.4, -0.2) is 55.4 Å². The molecule has 1 fully saturated rings. The van der Waals surface area contributed by atoms with E-state index in [1.165, 1.54) is 0 Å². The van der Waals surface area contributed by atoms with Crippen molar-refractivity contribution >= 4 is 11.9 Å². The number of hydrogen-bond acceptors (Lipinski definition) is 4. The Balaban J connectivity index is 2.12. The number of halogens is 2. The number of carbonyl (C=O) groups excluding carboxylic acids is 1. The van der Waals surface area contributed by atoms with E-state index in [1.807, 2.05) is 0 Å². The largest absolute Gasteiger partial charge is 0.479 e. The van der Waals surface area contributed by atoms with Gasteiger partial charge in [0.2, 0.25) is 5.91 Å². The van der Waals surface area contributed by atoms with Gasteiger partial charge in [-0.05, 0) is 12.8 Å². The molecule has 0 radical (unpaired) electrons. The smallest absolute Gasteiger partial charge is 0.332 e. The van der Waals surface area contributed by atoms with E-state index < -0.39 is 37.1 Å². The number of nitrogens with one attached hydrogen (secondary N) is 1. The van der Waals surface area contributed by atoms with Crippen LogP contribution in [0.25, 0.3) is 0 Å². The number of rotatable bonds is 7. The molecule has 0 aromatic heterocycles. The SMILES string of the molecule is O=C(O)C1CCC(C(=O)NCCOCC(F)F)O1. The highest BCUT2D eigenvalue weighted by Crippen LogP contribution is 2.19. The van der Waals surface area contributed by atoms with Crippen LogP contribution < -0.4 is 5.32 Å². The number of carbonyl (C=O) groups is 2. The van der Waals surface area contributed by atoms with Gasteiger partial charge in [-0.25, -0.2) is 13.6 Å². The maximum atomic E-state index is 11.7. The zero-order chi connectivity index (χ0) is 13.5. The van der Waals surface area contributed by atoms with Crippen molar-refractivity contribution in [3.05, 3.63) is 0 Å². The lowest BCUT2D eigenvalue weighted by molar-refractivity contribution is -0.151. The Morgan fingerprint density at radius 1 is 1.39 bits per heavy atom. The Morgan fingerprint density at radius 2 is 2.06 bits per heavy atom. The lowest BCUT2D eigenvalue weighted by atomic mass is 10.2. The first-order chi connectivity index (χ1) is 8.50. The van der Waals surface area contributed by atoms with Crippen molar-refractivity contribution in [2.24, 2.45) is 0 Å². The summed E-state index contributed by atoms with van der Waals surface area (Å²) < 4.78 is 33.0. The van der Waals surface area contributed by atoms with E-state index in [1.54, 1.807) is 0 Å². The summed E-state index contributed by atoms with van der Waals surface area (Å²) in [6.07, 6.45) is -3.65. The zero-order valence-corrected chi connectivity index (χ0v) is 9.60. The number of aliphatic carboxylic acids is 1. The second-order valence-electron chi connectivity index (χ2n) is 3.79. The first kappa shape index (κ1) is 14.8. The first-order valence-corrected chi connectivity index (χ1v) is 5.52. The molecule has 2 atom stereocenters. The average molecular weight is 267 g/mol. The van der Waals surface area contributed by atoms with Crippen molar-refractivity contribution in [2.45, 2.75) is 31.5 Å². The van der Waals surface area contributed by atoms with E-state index in [0.717, 1.165) is 0 Å². The topological polar surface area (TPSA) is 84.9 Å². The molecule has 1 amide bonds. The molecule has 1 rings (SSSR count). The summed E-state index contributed by atoms with van der Waals surface area (Å²) in [6, 6.07) is 0. The molecule has 0 aromatic rings. The monoisotopic (exact) mass is 267 g/mol. The Morgan fingerprint density at radius 3 is 2.61 bits per heavy atom. The summed E-state index contributed by atoms with van der Waals surface area (Å²) in [5.74, 6) is -1.54. The summed E-state index contributed by atoms with van der Waals surface area (Å²) in [5, 5.41) is 11.1. The van der Waals surface area contributed by atoms with Gasteiger partial charge in [0, 0.05) is 6.54 Å². The second-order valence-corrected chi connectivity index (χ2v) is 3.79. The van der Waals surface area contributed by atoms with Crippen LogP contribution in [0.4, 0.5) is 8.78 Å². The molecule has 18 heavy (non-hydrogen) atoms. The highest BCUT2D eigenvalue weighted by Gasteiger charge is 2.34. The molecule has 1 saturated heterocycles. The van der Waals surface area contributed by atoms with Crippen LogP contribution in [-0.2, 0) is 19.1 Å². The molecule has 1 aliphatic heterocycles. The third kappa shape index (κ3) is 4.92. The molecule has 104 valence electrons. The van der Waals surface area contributed by atoms with Crippen molar-refractivity contribution in [1.82, 2.24) is 5.32 Å². The van der Waals surface area contributed by atoms with Crippen LogP contribution in [0.15, 0.2) is 0 Å². The molecule has 0 aliphatic carbocycles. The summed E-state index contributed by atoms with van der Waals surface area (Å²) in [7, 11) is 0. The Bertz CT molecular complexity index is 300.